The molecule has 37 heavy (non-hydrogen) atoms. The normalized spacial score (nSPS) is 17.8. The number of imide groups is 1. The van der Waals surface area contributed by atoms with Crippen LogP contribution in [0.25, 0.3) is 0 Å². The van der Waals surface area contributed by atoms with Crippen molar-refractivity contribution >= 4 is 35.6 Å². The maximum absolute atomic E-state index is 12.7. The molecule has 2 aliphatic heterocycles. The number of hydrogen-bond acceptors (Lipinski definition) is 8. The molecule has 4 N–H and O–H groups in total. The average molecular weight is 522 g/mol. The third-order valence-corrected chi connectivity index (χ3v) is 5.34. The van der Waals surface area contributed by atoms with E-state index < -0.39 is 41.7 Å². The van der Waals surface area contributed by atoms with Gasteiger partial charge in [-0.15, -0.1) is 0 Å². The molecule has 2 heterocycles. The minimum Gasteiger partial charge on any atom is -0.444 e. The predicted octanol–water partition coefficient (Wildman–Crippen LogP) is -0.686. The van der Waals surface area contributed by atoms with E-state index in [-0.39, 0.29) is 50.8 Å². The van der Waals surface area contributed by atoms with Crippen molar-refractivity contribution in [1.29, 1.82) is 0 Å². The highest BCUT2D eigenvalue weighted by atomic mass is 16.6. The average Bonchev–Trinajstić information content (AvgIpc) is 3.30. The summed E-state index contributed by atoms with van der Waals surface area (Å²) in [5.41, 5.74) is -0.784. The van der Waals surface area contributed by atoms with E-state index >= 15 is 0 Å². The number of amides is 6. The minimum absolute atomic E-state index is 0.00281. The Morgan fingerprint density at radius 2 is 1.59 bits per heavy atom. The number of carbonyl (C=O) groups excluding carboxylic acids is 6. The van der Waals surface area contributed by atoms with Crippen molar-refractivity contribution in [3.63, 3.8) is 0 Å². The van der Waals surface area contributed by atoms with Gasteiger partial charge in [0.05, 0.1) is 0 Å². The van der Waals surface area contributed by atoms with Crippen LogP contribution in [-0.2, 0) is 28.7 Å². The first kappa shape index (κ1) is 29.5. The summed E-state index contributed by atoms with van der Waals surface area (Å²) in [6, 6.07) is -1.05. The number of aliphatic hydroxyl groups excluding tert-OH is 1. The molecule has 0 saturated heterocycles. The van der Waals surface area contributed by atoms with Gasteiger partial charge < -0.3 is 30.7 Å². The van der Waals surface area contributed by atoms with Crippen LogP contribution >= 0.6 is 0 Å². The van der Waals surface area contributed by atoms with Crippen LogP contribution in [0.2, 0.25) is 0 Å². The SMILES string of the molecule is CC(C)(C)OC(=O)N[C@@H](CCC(=O)NCCCN1C(=O)C=CC1=O)C(=O)NCCCN1C(=O)C=CC1O. The number of aliphatic hydroxyl groups is 1. The molecule has 0 aromatic heterocycles. The van der Waals surface area contributed by atoms with Crippen LogP contribution < -0.4 is 16.0 Å². The predicted molar refractivity (Wildman–Crippen MR) is 130 cm³/mol. The zero-order chi connectivity index (χ0) is 27.6. The van der Waals surface area contributed by atoms with E-state index in [0.29, 0.717) is 12.8 Å². The molecule has 13 nitrogen and oxygen atoms in total. The van der Waals surface area contributed by atoms with Crippen LogP contribution in [0, 0.1) is 0 Å². The van der Waals surface area contributed by atoms with Crippen molar-refractivity contribution in [2.75, 3.05) is 26.2 Å². The van der Waals surface area contributed by atoms with Gasteiger partial charge >= 0.3 is 6.09 Å². The zero-order valence-corrected chi connectivity index (χ0v) is 21.3. The number of ether oxygens (including phenoxy) is 1. The lowest BCUT2D eigenvalue weighted by molar-refractivity contribution is -0.137. The molecular formula is C24H35N5O8. The van der Waals surface area contributed by atoms with Crippen LogP contribution in [0.5, 0.6) is 0 Å². The van der Waals surface area contributed by atoms with Gasteiger partial charge in [0.25, 0.3) is 11.8 Å². The fraction of sp³-hybridized carbons (Fsp3) is 0.583. The zero-order valence-electron chi connectivity index (χ0n) is 21.3. The Hall–Kier alpha value is -3.74. The van der Waals surface area contributed by atoms with Crippen LogP contribution in [0.4, 0.5) is 4.79 Å². The van der Waals surface area contributed by atoms with Gasteiger partial charge in [0.2, 0.25) is 17.7 Å². The summed E-state index contributed by atoms with van der Waals surface area (Å²) >= 11 is 0. The molecule has 0 fully saturated rings. The van der Waals surface area contributed by atoms with E-state index in [1.807, 2.05) is 0 Å². The molecule has 204 valence electrons. The molecule has 0 radical (unpaired) electrons. The van der Waals surface area contributed by atoms with E-state index in [1.165, 1.54) is 29.2 Å². The third kappa shape index (κ3) is 10.0. The van der Waals surface area contributed by atoms with Crippen molar-refractivity contribution in [2.45, 2.75) is 64.3 Å². The Labute approximate surface area is 215 Å². The summed E-state index contributed by atoms with van der Waals surface area (Å²) in [7, 11) is 0. The van der Waals surface area contributed by atoms with Crippen LogP contribution in [0.15, 0.2) is 24.3 Å². The van der Waals surface area contributed by atoms with Crippen molar-refractivity contribution in [3.8, 4) is 0 Å². The third-order valence-electron chi connectivity index (χ3n) is 5.34. The number of alkyl carbamates (subject to hydrolysis) is 1. The quantitative estimate of drug-likeness (QED) is 0.182. The first-order valence-corrected chi connectivity index (χ1v) is 12.1. The van der Waals surface area contributed by atoms with Gasteiger partial charge in [-0.2, -0.15) is 0 Å². The van der Waals surface area contributed by atoms with Crippen molar-refractivity contribution in [1.82, 2.24) is 25.8 Å². The first-order chi connectivity index (χ1) is 17.4. The van der Waals surface area contributed by atoms with Crippen molar-refractivity contribution in [2.24, 2.45) is 0 Å². The summed E-state index contributed by atoms with van der Waals surface area (Å²) in [5, 5.41) is 17.5. The Kier molecular flexibility index (Phi) is 10.8. The van der Waals surface area contributed by atoms with E-state index in [9.17, 15) is 33.9 Å². The molecule has 2 rings (SSSR count). The topological polar surface area (TPSA) is 174 Å². The van der Waals surface area contributed by atoms with Gasteiger partial charge in [-0.05, 0) is 46.1 Å². The second-order valence-electron chi connectivity index (χ2n) is 9.55. The second kappa shape index (κ2) is 13.5. The lowest BCUT2D eigenvalue weighted by atomic mass is 10.1. The molecule has 2 aliphatic rings. The monoisotopic (exact) mass is 521 g/mol. The van der Waals surface area contributed by atoms with Crippen LogP contribution in [0.3, 0.4) is 0 Å². The molecule has 0 aliphatic carbocycles. The second-order valence-corrected chi connectivity index (χ2v) is 9.55. The Morgan fingerprint density at radius 3 is 2.19 bits per heavy atom. The summed E-state index contributed by atoms with van der Waals surface area (Å²) in [6.07, 6.45) is 3.89. The van der Waals surface area contributed by atoms with Gasteiger partial charge in [0, 0.05) is 50.8 Å². The molecule has 0 saturated carbocycles. The fourth-order valence-corrected chi connectivity index (χ4v) is 3.52. The van der Waals surface area contributed by atoms with E-state index in [1.54, 1.807) is 20.8 Å². The highest BCUT2D eigenvalue weighted by Gasteiger charge is 2.26. The van der Waals surface area contributed by atoms with Crippen LogP contribution in [0.1, 0.15) is 46.5 Å². The van der Waals surface area contributed by atoms with Gasteiger partial charge in [-0.3, -0.25) is 28.9 Å². The number of rotatable bonds is 13. The number of nitrogens with one attached hydrogen (secondary N) is 3. The molecule has 6 amide bonds. The van der Waals surface area contributed by atoms with Gasteiger partial charge in [-0.25, -0.2) is 4.79 Å². The summed E-state index contributed by atoms with van der Waals surface area (Å²) in [4.78, 5) is 74.3. The lowest BCUT2D eigenvalue weighted by Gasteiger charge is -2.24. The highest BCUT2D eigenvalue weighted by molar-refractivity contribution is 6.12. The number of nitrogens with zero attached hydrogens (tertiary/aromatic N) is 2. The Balaban J connectivity index is 1.78. The largest absolute Gasteiger partial charge is 0.444 e. The van der Waals surface area contributed by atoms with Crippen LogP contribution in [-0.4, -0.2) is 94.6 Å². The molecule has 0 aromatic carbocycles. The van der Waals surface area contributed by atoms with Gasteiger partial charge in [0.15, 0.2) is 0 Å². The Morgan fingerprint density at radius 1 is 0.973 bits per heavy atom. The lowest BCUT2D eigenvalue weighted by Crippen LogP contribution is -2.49. The van der Waals surface area contributed by atoms with Gasteiger partial charge in [0.1, 0.15) is 17.9 Å². The van der Waals surface area contributed by atoms with Crippen molar-refractivity contribution in [3.05, 3.63) is 24.3 Å². The number of carbonyl (C=O) groups is 6. The summed E-state index contributed by atoms with van der Waals surface area (Å²) < 4.78 is 5.21. The smallest absolute Gasteiger partial charge is 0.408 e. The summed E-state index contributed by atoms with van der Waals surface area (Å²) in [5.74, 6) is -1.99. The molecule has 2 atom stereocenters. The fourth-order valence-electron chi connectivity index (χ4n) is 3.52. The van der Waals surface area contributed by atoms with E-state index in [0.717, 1.165) is 4.90 Å². The highest BCUT2D eigenvalue weighted by Crippen LogP contribution is 2.10. The molecule has 1 unspecified atom stereocenters. The molecular weight excluding hydrogens is 486 g/mol. The minimum atomic E-state index is -1.05. The standard InChI is InChI=1S/C24H35N5O8/c1-24(2,3)37-23(36)27-16(22(35)26-13-5-15-29-20(33)10-11-21(29)34)6-7-17(30)25-12-4-14-28-18(31)8-9-19(28)32/h8-11,16,20,33H,4-7,12-15H2,1-3H3,(H,25,30)(H,26,35)(H,27,36)/t16-,20?/m0/s1. The molecule has 0 bridgehead atoms. The van der Waals surface area contributed by atoms with E-state index in [2.05, 4.69) is 16.0 Å². The number of hydrogen-bond donors (Lipinski definition) is 4. The Bertz CT molecular complexity index is 937. The molecule has 0 spiro atoms. The summed E-state index contributed by atoms with van der Waals surface area (Å²) in [6.45, 7) is 5.84. The van der Waals surface area contributed by atoms with Crippen molar-refractivity contribution < 1.29 is 38.6 Å². The molecule has 13 heteroatoms. The van der Waals surface area contributed by atoms with E-state index in [4.69, 9.17) is 4.74 Å². The van der Waals surface area contributed by atoms with Gasteiger partial charge in [-0.1, -0.05) is 0 Å². The first-order valence-electron chi connectivity index (χ1n) is 12.1. The maximum Gasteiger partial charge on any atom is 0.408 e. The molecule has 0 aromatic rings. The maximum atomic E-state index is 12.7.